The molecule has 0 bridgehead atoms. The Morgan fingerprint density at radius 1 is 0.964 bits per heavy atom. The number of nitrogens with one attached hydrogen (secondary N) is 1. The molecule has 1 N–H and O–H groups in total. The van der Waals surface area contributed by atoms with Crippen LogP contribution in [-0.4, -0.2) is 30.5 Å². The smallest absolute Gasteiger partial charge is 0.258 e. The zero-order chi connectivity index (χ0) is 19.8. The predicted molar refractivity (Wildman–Crippen MR) is 113 cm³/mol. The second-order valence-electron chi connectivity index (χ2n) is 7.94. The highest BCUT2D eigenvalue weighted by Crippen LogP contribution is 2.18. The number of benzene rings is 2. The van der Waals surface area contributed by atoms with Crippen LogP contribution in [0.3, 0.4) is 0 Å². The van der Waals surface area contributed by atoms with E-state index in [0.29, 0.717) is 12.5 Å². The van der Waals surface area contributed by atoms with Gasteiger partial charge in [0.2, 0.25) is 0 Å². The fourth-order valence-electron chi connectivity index (χ4n) is 3.49. The molecule has 1 heterocycles. The summed E-state index contributed by atoms with van der Waals surface area (Å²) in [7, 11) is 0. The van der Waals surface area contributed by atoms with Gasteiger partial charge in [-0.15, -0.1) is 0 Å². The summed E-state index contributed by atoms with van der Waals surface area (Å²) in [5.41, 5.74) is 3.71. The van der Waals surface area contributed by atoms with Crippen LogP contribution in [0.4, 0.5) is 0 Å². The average Bonchev–Trinajstić information content (AvgIpc) is 2.73. The maximum atomic E-state index is 12.1. The number of ether oxygens (including phenoxy) is 1. The van der Waals surface area contributed by atoms with Gasteiger partial charge < -0.3 is 10.1 Å². The van der Waals surface area contributed by atoms with E-state index in [1.165, 1.54) is 43.5 Å². The maximum absolute atomic E-state index is 12.1. The molecule has 0 spiro atoms. The van der Waals surface area contributed by atoms with Gasteiger partial charge in [0.15, 0.2) is 6.61 Å². The molecule has 1 saturated heterocycles. The topological polar surface area (TPSA) is 41.6 Å². The van der Waals surface area contributed by atoms with Crippen LogP contribution in [0, 0.1) is 0 Å². The van der Waals surface area contributed by atoms with Crippen molar-refractivity contribution in [3.05, 3.63) is 65.2 Å². The van der Waals surface area contributed by atoms with Gasteiger partial charge in [0.05, 0.1) is 0 Å². The summed E-state index contributed by atoms with van der Waals surface area (Å²) in [5, 5.41) is 2.93. The lowest BCUT2D eigenvalue weighted by Gasteiger charge is -2.26. The highest BCUT2D eigenvalue weighted by molar-refractivity contribution is 5.77. The molecule has 1 amide bonds. The maximum Gasteiger partial charge on any atom is 0.258 e. The van der Waals surface area contributed by atoms with Crippen LogP contribution in [0.25, 0.3) is 0 Å². The molecule has 2 aromatic carbocycles. The number of piperidine rings is 1. The Balaban J connectivity index is 1.39. The third-order valence-corrected chi connectivity index (χ3v) is 5.28. The molecule has 4 nitrogen and oxygen atoms in total. The molecule has 1 aliphatic heterocycles. The van der Waals surface area contributed by atoms with E-state index in [1.807, 2.05) is 24.3 Å². The molecule has 3 rings (SSSR count). The van der Waals surface area contributed by atoms with E-state index >= 15 is 0 Å². The van der Waals surface area contributed by atoms with E-state index < -0.39 is 0 Å². The molecule has 0 aliphatic carbocycles. The molecular formula is C24H32N2O2. The Hall–Kier alpha value is -2.33. The van der Waals surface area contributed by atoms with Gasteiger partial charge >= 0.3 is 0 Å². The first-order valence-electron chi connectivity index (χ1n) is 10.4. The first-order chi connectivity index (χ1) is 13.6. The summed E-state index contributed by atoms with van der Waals surface area (Å²) in [5.74, 6) is 1.11. The van der Waals surface area contributed by atoms with Gasteiger partial charge in [-0.1, -0.05) is 56.7 Å². The summed E-state index contributed by atoms with van der Waals surface area (Å²) < 4.78 is 5.58. The van der Waals surface area contributed by atoms with Crippen molar-refractivity contribution in [3.8, 4) is 5.75 Å². The van der Waals surface area contributed by atoms with Crippen molar-refractivity contribution in [2.45, 2.75) is 52.1 Å². The predicted octanol–water partition coefficient (Wildman–Crippen LogP) is 4.49. The number of hydrogen-bond donors (Lipinski definition) is 1. The quantitative estimate of drug-likeness (QED) is 0.734. The van der Waals surface area contributed by atoms with Crippen molar-refractivity contribution >= 4 is 5.91 Å². The third-order valence-electron chi connectivity index (χ3n) is 5.28. The Kier molecular flexibility index (Phi) is 7.49. The summed E-state index contributed by atoms with van der Waals surface area (Å²) in [6.07, 6.45) is 3.99. The van der Waals surface area contributed by atoms with Crippen molar-refractivity contribution in [1.29, 1.82) is 0 Å². The fourth-order valence-corrected chi connectivity index (χ4v) is 3.49. The van der Waals surface area contributed by atoms with Crippen LogP contribution in [0.5, 0.6) is 5.75 Å². The van der Waals surface area contributed by atoms with Crippen LogP contribution in [0.1, 0.15) is 55.7 Å². The van der Waals surface area contributed by atoms with Crippen LogP contribution >= 0.6 is 0 Å². The van der Waals surface area contributed by atoms with Crippen molar-refractivity contribution in [3.63, 3.8) is 0 Å². The molecule has 4 heteroatoms. The number of carbonyl (C=O) groups excluding carboxylic acids is 1. The van der Waals surface area contributed by atoms with Crippen molar-refractivity contribution in [2.75, 3.05) is 19.7 Å². The first-order valence-corrected chi connectivity index (χ1v) is 10.4. The number of carbonyl (C=O) groups is 1. The molecule has 0 unspecified atom stereocenters. The molecule has 0 atom stereocenters. The number of nitrogens with zero attached hydrogens (tertiary/aromatic N) is 1. The molecule has 150 valence electrons. The van der Waals surface area contributed by atoms with Gasteiger partial charge in [-0.05, 0) is 60.7 Å². The zero-order valence-electron chi connectivity index (χ0n) is 17.1. The highest BCUT2D eigenvalue weighted by Gasteiger charge is 2.10. The van der Waals surface area contributed by atoms with Crippen LogP contribution in [0.2, 0.25) is 0 Å². The lowest BCUT2D eigenvalue weighted by molar-refractivity contribution is -0.123. The average molecular weight is 381 g/mol. The van der Waals surface area contributed by atoms with Crippen LogP contribution in [0.15, 0.2) is 48.5 Å². The second-order valence-corrected chi connectivity index (χ2v) is 7.94. The minimum Gasteiger partial charge on any atom is -0.484 e. The summed E-state index contributed by atoms with van der Waals surface area (Å²) in [6.45, 7) is 8.31. The standard InChI is InChI=1S/C24H32N2O2/c1-19(2)22-10-12-23(13-11-22)28-18-24(27)25-16-20-6-8-21(9-7-20)17-26-14-4-3-5-15-26/h6-13,19H,3-5,14-18H2,1-2H3,(H,25,27). The Morgan fingerprint density at radius 3 is 2.25 bits per heavy atom. The summed E-state index contributed by atoms with van der Waals surface area (Å²) in [4.78, 5) is 14.6. The first kappa shape index (κ1) is 20.4. The van der Waals surface area contributed by atoms with E-state index in [4.69, 9.17) is 4.74 Å². The molecule has 0 radical (unpaired) electrons. The van der Waals surface area contributed by atoms with Crippen molar-refractivity contribution < 1.29 is 9.53 Å². The minimum absolute atomic E-state index is 0.0358. The Labute approximate surface area is 168 Å². The lowest BCUT2D eigenvalue weighted by Crippen LogP contribution is -2.29. The molecule has 28 heavy (non-hydrogen) atoms. The molecular weight excluding hydrogens is 348 g/mol. The van der Waals surface area contributed by atoms with Gasteiger partial charge in [-0.25, -0.2) is 0 Å². The lowest BCUT2D eigenvalue weighted by atomic mass is 10.0. The SMILES string of the molecule is CC(C)c1ccc(OCC(=O)NCc2ccc(CN3CCCCC3)cc2)cc1. The van der Waals surface area contributed by atoms with Gasteiger partial charge in [0.25, 0.3) is 5.91 Å². The third kappa shape index (κ3) is 6.38. The molecule has 1 fully saturated rings. The number of amides is 1. The number of likely N-dealkylation sites (tertiary alicyclic amines) is 1. The highest BCUT2D eigenvalue weighted by atomic mass is 16.5. The van der Waals surface area contributed by atoms with E-state index in [9.17, 15) is 4.79 Å². The largest absolute Gasteiger partial charge is 0.484 e. The zero-order valence-corrected chi connectivity index (χ0v) is 17.1. The van der Waals surface area contributed by atoms with Gasteiger partial charge in [-0.3, -0.25) is 9.69 Å². The van der Waals surface area contributed by atoms with Crippen LogP contribution < -0.4 is 10.1 Å². The normalized spacial score (nSPS) is 14.8. The van der Waals surface area contributed by atoms with E-state index in [1.54, 1.807) is 0 Å². The van der Waals surface area contributed by atoms with Gasteiger partial charge in [0, 0.05) is 13.1 Å². The fraction of sp³-hybridized carbons (Fsp3) is 0.458. The van der Waals surface area contributed by atoms with Gasteiger partial charge in [-0.2, -0.15) is 0 Å². The van der Waals surface area contributed by atoms with Crippen molar-refractivity contribution in [1.82, 2.24) is 10.2 Å². The Bertz CT molecular complexity index is 732. The summed E-state index contributed by atoms with van der Waals surface area (Å²) in [6, 6.07) is 16.5. The number of hydrogen-bond acceptors (Lipinski definition) is 3. The van der Waals surface area contributed by atoms with Gasteiger partial charge in [0.1, 0.15) is 5.75 Å². The van der Waals surface area contributed by atoms with E-state index in [2.05, 4.69) is 48.3 Å². The minimum atomic E-state index is -0.106. The molecule has 1 aliphatic rings. The molecule has 0 saturated carbocycles. The van der Waals surface area contributed by atoms with Crippen LogP contribution in [-0.2, 0) is 17.9 Å². The monoisotopic (exact) mass is 380 g/mol. The van der Waals surface area contributed by atoms with E-state index in [0.717, 1.165) is 17.9 Å². The second kappa shape index (κ2) is 10.3. The molecule has 2 aromatic rings. The van der Waals surface area contributed by atoms with Crippen molar-refractivity contribution in [2.24, 2.45) is 0 Å². The Morgan fingerprint density at radius 2 is 1.61 bits per heavy atom. The number of rotatable bonds is 8. The summed E-state index contributed by atoms with van der Waals surface area (Å²) >= 11 is 0. The van der Waals surface area contributed by atoms with E-state index in [-0.39, 0.29) is 12.5 Å². The molecule has 0 aromatic heterocycles.